The number of anilines is 1. The fourth-order valence-electron chi connectivity index (χ4n) is 2.15. The van der Waals surface area contributed by atoms with Crippen LogP contribution in [-0.2, 0) is 4.79 Å². The van der Waals surface area contributed by atoms with Gasteiger partial charge >= 0.3 is 0 Å². The van der Waals surface area contributed by atoms with Crippen LogP contribution >= 0.6 is 0 Å². The molecule has 3 rings (SSSR count). The Hall–Kier alpha value is -3.65. The van der Waals surface area contributed by atoms with E-state index in [4.69, 9.17) is 4.74 Å². The lowest BCUT2D eigenvalue weighted by Crippen LogP contribution is -2.20. The van der Waals surface area contributed by atoms with Crippen molar-refractivity contribution in [3.63, 3.8) is 0 Å². The van der Waals surface area contributed by atoms with Gasteiger partial charge in [0.05, 0.1) is 0 Å². The maximum atomic E-state index is 13.5. The second-order valence-electron chi connectivity index (χ2n) is 5.31. The molecule has 1 amide bonds. The van der Waals surface area contributed by atoms with Crippen molar-refractivity contribution in [1.29, 1.82) is 0 Å². The number of nitrogens with zero attached hydrogens (tertiary/aromatic N) is 1. The Morgan fingerprint density at radius 2 is 1.88 bits per heavy atom. The number of pyridine rings is 1. The zero-order chi connectivity index (χ0) is 18.2. The third kappa shape index (κ3) is 4.92. The van der Waals surface area contributed by atoms with Crippen LogP contribution < -0.4 is 10.1 Å². The van der Waals surface area contributed by atoms with Gasteiger partial charge < -0.3 is 10.1 Å². The first kappa shape index (κ1) is 17.2. The Morgan fingerprint density at radius 1 is 1.04 bits per heavy atom. The number of aromatic nitrogens is 1. The topological polar surface area (TPSA) is 51.2 Å². The van der Waals surface area contributed by atoms with Gasteiger partial charge in [0.2, 0.25) is 0 Å². The molecule has 0 bridgehead atoms. The van der Waals surface area contributed by atoms with E-state index in [1.54, 1.807) is 36.5 Å². The van der Waals surface area contributed by atoms with Gasteiger partial charge in [0.15, 0.2) is 18.2 Å². The summed E-state index contributed by atoms with van der Waals surface area (Å²) in [6, 6.07) is 18.6. The fourth-order valence-corrected chi connectivity index (χ4v) is 2.15. The summed E-state index contributed by atoms with van der Waals surface area (Å²) in [5.41, 5.74) is 1.99. The predicted molar refractivity (Wildman–Crippen MR) is 97.2 cm³/mol. The van der Waals surface area contributed by atoms with E-state index in [1.165, 1.54) is 12.1 Å². The lowest BCUT2D eigenvalue weighted by Gasteiger charge is -2.08. The highest BCUT2D eigenvalue weighted by Crippen LogP contribution is 2.15. The third-order valence-electron chi connectivity index (χ3n) is 3.34. The highest BCUT2D eigenvalue weighted by atomic mass is 19.1. The molecule has 0 unspecified atom stereocenters. The molecule has 0 saturated heterocycles. The van der Waals surface area contributed by atoms with Crippen LogP contribution in [0.3, 0.4) is 0 Å². The first-order valence-electron chi connectivity index (χ1n) is 7.91. The fraction of sp³-hybridized carbons (Fsp3) is 0.0476. The maximum Gasteiger partial charge on any atom is 0.262 e. The zero-order valence-corrected chi connectivity index (χ0v) is 13.8. The van der Waals surface area contributed by atoms with Crippen LogP contribution in [0.1, 0.15) is 11.3 Å². The van der Waals surface area contributed by atoms with Crippen molar-refractivity contribution in [2.75, 3.05) is 11.9 Å². The molecule has 0 spiro atoms. The predicted octanol–water partition coefficient (Wildman–Crippen LogP) is 3.64. The van der Waals surface area contributed by atoms with E-state index in [0.29, 0.717) is 11.4 Å². The number of hydrogen-bond acceptors (Lipinski definition) is 3. The van der Waals surface area contributed by atoms with Crippen molar-refractivity contribution in [3.8, 4) is 17.6 Å². The lowest BCUT2D eigenvalue weighted by molar-refractivity contribution is -0.118. The minimum Gasteiger partial charge on any atom is -0.481 e. The maximum absolute atomic E-state index is 13.5. The quantitative estimate of drug-likeness (QED) is 0.734. The number of hydrogen-bond donors (Lipinski definition) is 1. The van der Waals surface area contributed by atoms with E-state index in [0.717, 1.165) is 5.56 Å². The van der Waals surface area contributed by atoms with E-state index in [9.17, 15) is 9.18 Å². The first-order valence-corrected chi connectivity index (χ1v) is 7.91. The van der Waals surface area contributed by atoms with Gasteiger partial charge in [-0.1, -0.05) is 30.2 Å². The van der Waals surface area contributed by atoms with Crippen LogP contribution in [0.15, 0.2) is 72.9 Å². The summed E-state index contributed by atoms with van der Waals surface area (Å²) in [6.45, 7) is -0.287. The largest absolute Gasteiger partial charge is 0.481 e. The summed E-state index contributed by atoms with van der Waals surface area (Å²) in [5, 5.41) is 2.70. The molecule has 0 aliphatic heterocycles. The Bertz CT molecular complexity index is 962. The van der Waals surface area contributed by atoms with Gasteiger partial charge in [-0.25, -0.2) is 9.37 Å². The number of benzene rings is 2. The highest BCUT2D eigenvalue weighted by molar-refractivity contribution is 5.92. The molecule has 0 aliphatic carbocycles. The summed E-state index contributed by atoms with van der Waals surface area (Å²) < 4.78 is 18.7. The van der Waals surface area contributed by atoms with Crippen molar-refractivity contribution in [2.24, 2.45) is 0 Å². The van der Waals surface area contributed by atoms with Crippen LogP contribution in [0.5, 0.6) is 5.75 Å². The highest BCUT2D eigenvalue weighted by Gasteiger charge is 2.06. The molecular weight excluding hydrogens is 331 g/mol. The van der Waals surface area contributed by atoms with Crippen molar-refractivity contribution in [2.45, 2.75) is 0 Å². The summed E-state index contributed by atoms with van der Waals surface area (Å²) >= 11 is 0. The Morgan fingerprint density at radius 3 is 2.69 bits per heavy atom. The minimum absolute atomic E-state index is 0.0395. The molecule has 4 nitrogen and oxygen atoms in total. The van der Waals surface area contributed by atoms with Crippen LogP contribution in [0.4, 0.5) is 10.1 Å². The molecule has 5 heteroatoms. The summed E-state index contributed by atoms with van der Waals surface area (Å²) in [6.07, 6.45) is 1.68. The van der Waals surface area contributed by atoms with Crippen molar-refractivity contribution in [1.82, 2.24) is 4.98 Å². The van der Waals surface area contributed by atoms with Gasteiger partial charge in [-0.05, 0) is 48.4 Å². The number of carbonyl (C=O) groups excluding carboxylic acids is 1. The Kier molecular flexibility index (Phi) is 5.58. The lowest BCUT2D eigenvalue weighted by atomic mass is 10.2. The molecule has 0 saturated carbocycles. The van der Waals surface area contributed by atoms with Gasteiger partial charge in [0, 0.05) is 17.4 Å². The van der Waals surface area contributed by atoms with Crippen molar-refractivity contribution in [3.05, 3.63) is 90.0 Å². The summed E-state index contributed by atoms with van der Waals surface area (Å²) in [4.78, 5) is 16.1. The van der Waals surface area contributed by atoms with E-state index >= 15 is 0 Å². The van der Waals surface area contributed by atoms with Gasteiger partial charge in [-0.15, -0.1) is 0 Å². The molecule has 0 fully saturated rings. The van der Waals surface area contributed by atoms with Gasteiger partial charge in [-0.2, -0.15) is 0 Å². The van der Waals surface area contributed by atoms with E-state index in [-0.39, 0.29) is 18.3 Å². The molecule has 26 heavy (non-hydrogen) atoms. The molecule has 1 aromatic heterocycles. The molecular formula is C21H15FN2O2. The zero-order valence-electron chi connectivity index (χ0n) is 13.8. The van der Waals surface area contributed by atoms with Crippen LogP contribution in [0.25, 0.3) is 0 Å². The number of nitrogens with one attached hydrogen (secondary N) is 1. The van der Waals surface area contributed by atoms with E-state index in [2.05, 4.69) is 22.1 Å². The molecule has 3 aromatic rings. The monoisotopic (exact) mass is 346 g/mol. The molecule has 128 valence electrons. The normalized spacial score (nSPS) is 9.73. The Balaban J connectivity index is 1.61. The number of halogens is 1. The standard InChI is InChI=1S/C21H15FN2O2/c22-19-9-1-2-10-20(19)26-15-21(25)24-18-8-5-6-16(14-18)11-12-17-7-3-4-13-23-17/h1-10,13-14H,15H2,(H,24,25). The second-order valence-corrected chi connectivity index (χ2v) is 5.31. The van der Waals surface area contributed by atoms with Crippen molar-refractivity contribution < 1.29 is 13.9 Å². The number of carbonyl (C=O) groups is 1. The molecule has 2 aromatic carbocycles. The summed E-state index contributed by atoms with van der Waals surface area (Å²) in [5.74, 6) is 5.10. The Labute approximate surface area is 150 Å². The number of amides is 1. The molecule has 0 aliphatic rings. The van der Waals surface area contributed by atoms with Gasteiger partial charge in [-0.3, -0.25) is 4.79 Å². The minimum atomic E-state index is -0.507. The van der Waals surface area contributed by atoms with Gasteiger partial charge in [0.1, 0.15) is 5.69 Å². The molecule has 1 N–H and O–H groups in total. The SMILES string of the molecule is O=C(COc1ccccc1F)Nc1cccc(C#Cc2ccccn2)c1. The van der Waals surface area contributed by atoms with Crippen LogP contribution in [-0.4, -0.2) is 17.5 Å². The second kappa shape index (κ2) is 8.45. The third-order valence-corrected chi connectivity index (χ3v) is 3.34. The number of rotatable bonds is 4. The molecule has 0 atom stereocenters. The average Bonchev–Trinajstić information content (AvgIpc) is 2.67. The molecule has 0 radical (unpaired) electrons. The summed E-state index contributed by atoms with van der Waals surface area (Å²) in [7, 11) is 0. The van der Waals surface area contributed by atoms with E-state index in [1.807, 2.05) is 24.3 Å². The molecule has 1 heterocycles. The van der Waals surface area contributed by atoms with Crippen molar-refractivity contribution >= 4 is 11.6 Å². The average molecular weight is 346 g/mol. The number of ether oxygens (including phenoxy) is 1. The van der Waals surface area contributed by atoms with Crippen LogP contribution in [0.2, 0.25) is 0 Å². The van der Waals surface area contributed by atoms with Gasteiger partial charge in [0.25, 0.3) is 5.91 Å². The number of para-hydroxylation sites is 1. The van der Waals surface area contributed by atoms with E-state index < -0.39 is 5.82 Å². The smallest absolute Gasteiger partial charge is 0.262 e. The first-order chi connectivity index (χ1) is 12.7. The van der Waals surface area contributed by atoms with Crippen LogP contribution in [0, 0.1) is 17.7 Å².